The molecule has 2 amide bonds. The van der Waals surface area contributed by atoms with Crippen molar-refractivity contribution in [1.82, 2.24) is 24.6 Å². The molecule has 0 aliphatic carbocycles. The van der Waals surface area contributed by atoms with Gasteiger partial charge in [0.25, 0.3) is 0 Å². The number of anilines is 2. The van der Waals surface area contributed by atoms with Crippen LogP contribution in [0.25, 0.3) is 10.9 Å². The zero-order valence-corrected chi connectivity index (χ0v) is 19.0. The van der Waals surface area contributed by atoms with Crippen molar-refractivity contribution in [3.8, 4) is 0 Å². The first-order valence-corrected chi connectivity index (χ1v) is 10.9. The summed E-state index contributed by atoms with van der Waals surface area (Å²) in [6.45, 7) is 2.17. The van der Waals surface area contributed by atoms with Gasteiger partial charge in [0.1, 0.15) is 17.6 Å². The number of nitrogens with two attached hydrogens (primary N) is 1. The summed E-state index contributed by atoms with van der Waals surface area (Å²) in [4.78, 5) is 34.4. The van der Waals surface area contributed by atoms with Gasteiger partial charge in [-0.25, -0.2) is 9.67 Å². The normalized spacial score (nSPS) is 17.2. The number of pyridine rings is 2. The Morgan fingerprint density at radius 1 is 1.26 bits per heavy atom. The van der Waals surface area contributed by atoms with Gasteiger partial charge in [-0.2, -0.15) is 18.3 Å². The summed E-state index contributed by atoms with van der Waals surface area (Å²) in [5, 5.41) is 7.51. The van der Waals surface area contributed by atoms with Crippen LogP contribution in [-0.2, 0) is 20.5 Å². The SMILES string of the molecule is C[C@H](c1ccc(C(F)(F)F)cn1)N(C)C(=O)C(=O)Nc1cnc(N)c2cn(C3CCCCO3)nc12. The number of nitrogens with zero attached hydrogens (tertiary/aromatic N) is 5. The zero-order chi connectivity index (χ0) is 25.3. The highest BCUT2D eigenvalue weighted by molar-refractivity contribution is 6.40. The Morgan fingerprint density at radius 3 is 2.66 bits per heavy atom. The van der Waals surface area contributed by atoms with Crippen LogP contribution in [0.5, 0.6) is 0 Å². The van der Waals surface area contributed by atoms with Gasteiger partial charge in [-0.1, -0.05) is 0 Å². The molecule has 186 valence electrons. The molecule has 1 fully saturated rings. The van der Waals surface area contributed by atoms with E-state index >= 15 is 0 Å². The van der Waals surface area contributed by atoms with Crippen molar-refractivity contribution in [3.05, 3.63) is 42.0 Å². The van der Waals surface area contributed by atoms with Gasteiger partial charge in [-0.05, 0) is 38.3 Å². The third-order valence-electron chi connectivity index (χ3n) is 5.93. The minimum Gasteiger partial charge on any atom is -0.383 e. The average molecular weight is 491 g/mol. The highest BCUT2D eigenvalue weighted by Gasteiger charge is 2.32. The Bertz CT molecular complexity index is 1240. The van der Waals surface area contributed by atoms with Crippen molar-refractivity contribution >= 4 is 34.2 Å². The average Bonchev–Trinajstić information content (AvgIpc) is 3.31. The molecule has 10 nitrogen and oxygen atoms in total. The van der Waals surface area contributed by atoms with E-state index in [0.29, 0.717) is 23.7 Å². The van der Waals surface area contributed by atoms with Gasteiger partial charge in [-0.15, -0.1) is 0 Å². The fourth-order valence-electron chi connectivity index (χ4n) is 3.74. The number of aromatic nitrogens is 4. The summed E-state index contributed by atoms with van der Waals surface area (Å²) < 4.78 is 45.7. The van der Waals surface area contributed by atoms with Crippen LogP contribution in [0.4, 0.5) is 24.7 Å². The molecule has 0 spiro atoms. The first kappa shape index (κ1) is 24.4. The number of rotatable bonds is 4. The molecule has 13 heteroatoms. The molecule has 0 aromatic carbocycles. The van der Waals surface area contributed by atoms with Crippen LogP contribution in [0, 0.1) is 0 Å². The Balaban J connectivity index is 1.50. The first-order chi connectivity index (χ1) is 16.6. The molecule has 1 aliphatic rings. The number of amides is 2. The third-order valence-corrected chi connectivity index (χ3v) is 5.93. The van der Waals surface area contributed by atoms with Gasteiger partial charge < -0.3 is 20.7 Å². The Morgan fingerprint density at radius 2 is 2.03 bits per heavy atom. The highest BCUT2D eigenvalue weighted by atomic mass is 19.4. The van der Waals surface area contributed by atoms with Crippen molar-refractivity contribution in [2.45, 2.75) is 44.6 Å². The van der Waals surface area contributed by atoms with Gasteiger partial charge in [-0.3, -0.25) is 14.6 Å². The lowest BCUT2D eigenvalue weighted by atomic mass is 10.1. The van der Waals surface area contributed by atoms with Gasteiger partial charge in [0.15, 0.2) is 0 Å². The lowest BCUT2D eigenvalue weighted by Gasteiger charge is -2.24. The third kappa shape index (κ3) is 5.04. The summed E-state index contributed by atoms with van der Waals surface area (Å²) >= 11 is 0. The number of carbonyl (C=O) groups excluding carboxylic acids is 2. The number of alkyl halides is 3. The van der Waals surface area contributed by atoms with Crippen LogP contribution in [-0.4, -0.2) is 50.1 Å². The van der Waals surface area contributed by atoms with E-state index in [9.17, 15) is 22.8 Å². The van der Waals surface area contributed by atoms with Crippen molar-refractivity contribution in [2.75, 3.05) is 24.7 Å². The van der Waals surface area contributed by atoms with Gasteiger partial charge >= 0.3 is 18.0 Å². The molecule has 35 heavy (non-hydrogen) atoms. The first-order valence-electron chi connectivity index (χ1n) is 10.9. The number of hydrogen-bond acceptors (Lipinski definition) is 7. The van der Waals surface area contributed by atoms with Crippen molar-refractivity contribution in [3.63, 3.8) is 0 Å². The minimum absolute atomic E-state index is 0.191. The second kappa shape index (κ2) is 9.49. The molecular weight excluding hydrogens is 467 g/mol. The lowest BCUT2D eigenvalue weighted by molar-refractivity contribution is -0.143. The van der Waals surface area contributed by atoms with Crippen LogP contribution in [0.15, 0.2) is 30.7 Å². The molecule has 1 aliphatic heterocycles. The smallest absolute Gasteiger partial charge is 0.383 e. The molecule has 3 aromatic heterocycles. The summed E-state index contributed by atoms with van der Waals surface area (Å²) in [5.41, 5.74) is 5.82. The number of nitrogens with one attached hydrogen (secondary N) is 1. The molecule has 4 heterocycles. The second-order valence-corrected chi connectivity index (χ2v) is 8.27. The van der Waals surface area contributed by atoms with E-state index in [1.807, 2.05) is 0 Å². The van der Waals surface area contributed by atoms with E-state index in [1.165, 1.54) is 19.3 Å². The molecule has 0 radical (unpaired) electrons. The van der Waals surface area contributed by atoms with E-state index in [1.54, 1.807) is 17.8 Å². The second-order valence-electron chi connectivity index (χ2n) is 8.27. The molecule has 0 bridgehead atoms. The molecule has 1 saturated heterocycles. The topological polar surface area (TPSA) is 128 Å². The van der Waals surface area contributed by atoms with E-state index in [2.05, 4.69) is 20.4 Å². The van der Waals surface area contributed by atoms with Crippen LogP contribution in [0.2, 0.25) is 0 Å². The number of carbonyl (C=O) groups is 2. The molecular formula is C22H24F3N7O3. The van der Waals surface area contributed by atoms with Crippen LogP contribution >= 0.6 is 0 Å². The van der Waals surface area contributed by atoms with Crippen LogP contribution < -0.4 is 11.1 Å². The number of fused-ring (bicyclic) bond motifs is 1. The maximum absolute atomic E-state index is 12.8. The van der Waals surface area contributed by atoms with Crippen LogP contribution in [0.3, 0.4) is 0 Å². The Kier molecular flexibility index (Phi) is 6.61. The van der Waals surface area contributed by atoms with Gasteiger partial charge in [0.2, 0.25) is 0 Å². The Hall–Kier alpha value is -3.74. The predicted molar refractivity (Wildman–Crippen MR) is 120 cm³/mol. The summed E-state index contributed by atoms with van der Waals surface area (Å²) in [6.07, 6.45) is 1.64. The van der Waals surface area contributed by atoms with E-state index in [4.69, 9.17) is 10.5 Å². The molecule has 3 aromatic rings. The quantitative estimate of drug-likeness (QED) is 0.536. The monoisotopic (exact) mass is 491 g/mol. The molecule has 4 rings (SSSR count). The number of halogens is 3. The van der Waals surface area contributed by atoms with E-state index < -0.39 is 29.6 Å². The number of ether oxygens (including phenoxy) is 1. The van der Waals surface area contributed by atoms with Gasteiger partial charge in [0.05, 0.1) is 34.6 Å². The zero-order valence-electron chi connectivity index (χ0n) is 19.0. The number of hydrogen-bond donors (Lipinski definition) is 2. The van der Waals surface area contributed by atoms with Crippen molar-refractivity contribution < 1.29 is 27.5 Å². The predicted octanol–water partition coefficient (Wildman–Crippen LogP) is 3.28. The maximum atomic E-state index is 12.8. The molecule has 2 atom stereocenters. The number of nitrogen functional groups attached to an aromatic ring is 1. The largest absolute Gasteiger partial charge is 0.417 e. The fraction of sp³-hybridized carbons (Fsp3) is 0.409. The molecule has 1 unspecified atom stereocenters. The molecule has 3 N–H and O–H groups in total. The van der Waals surface area contributed by atoms with Crippen LogP contribution in [0.1, 0.15) is 49.7 Å². The summed E-state index contributed by atoms with van der Waals surface area (Å²) in [5.74, 6) is -1.67. The summed E-state index contributed by atoms with van der Waals surface area (Å²) in [7, 11) is 1.36. The van der Waals surface area contributed by atoms with Crippen molar-refractivity contribution in [2.24, 2.45) is 0 Å². The molecule has 0 saturated carbocycles. The van der Waals surface area contributed by atoms with Crippen molar-refractivity contribution in [1.29, 1.82) is 0 Å². The Labute approximate surface area is 198 Å². The fourth-order valence-corrected chi connectivity index (χ4v) is 3.74. The lowest BCUT2D eigenvalue weighted by Crippen LogP contribution is -2.38. The minimum atomic E-state index is -4.52. The number of likely N-dealkylation sites (N-methyl/N-ethyl adjacent to an activating group) is 1. The standard InChI is InChI=1S/C22H24F3N7O3/c1-12(15-7-6-13(9-27-15)22(23,24)25)31(2)21(34)20(33)29-16-10-28-19(26)14-11-32(30-18(14)16)17-5-3-4-8-35-17/h6-7,9-12,17H,3-5,8H2,1-2H3,(H2,26,28)(H,29,33)/t12-,17?/m1/s1. The highest BCUT2D eigenvalue weighted by Crippen LogP contribution is 2.31. The van der Waals surface area contributed by atoms with E-state index in [0.717, 1.165) is 30.2 Å². The summed E-state index contributed by atoms with van der Waals surface area (Å²) in [6, 6.07) is 1.28. The maximum Gasteiger partial charge on any atom is 0.417 e. The van der Waals surface area contributed by atoms with E-state index in [-0.39, 0.29) is 23.4 Å². The van der Waals surface area contributed by atoms with Gasteiger partial charge in [0, 0.05) is 26.0 Å².